The number of hydrogen-bond acceptors (Lipinski definition) is 4. The van der Waals surface area contributed by atoms with Crippen molar-refractivity contribution in [2.45, 2.75) is 19.5 Å². The maximum Gasteiger partial charge on any atom is 0.488 e. The van der Waals surface area contributed by atoms with Crippen LogP contribution in [0.25, 0.3) is 0 Å². The van der Waals surface area contributed by atoms with Gasteiger partial charge >= 0.3 is 10.5 Å². The number of rotatable bonds is 4. The molecule has 0 amide bonds. The molecule has 0 aromatic heterocycles. The summed E-state index contributed by atoms with van der Waals surface area (Å²) in [5.41, 5.74) is 3.71. The first-order valence-electron chi connectivity index (χ1n) is 7.12. The molecular weight excluding hydrogens is 385 g/mol. The Labute approximate surface area is 143 Å². The topological polar surface area (TPSA) is 46.6 Å². The molecule has 1 aliphatic heterocycles. The van der Waals surface area contributed by atoms with E-state index in [4.69, 9.17) is 0 Å². The average Bonchev–Trinajstić information content (AvgIpc) is 2.48. The van der Waals surface area contributed by atoms with Crippen molar-refractivity contribution in [3.63, 3.8) is 0 Å². The van der Waals surface area contributed by atoms with Crippen LogP contribution in [-0.4, -0.2) is 19.9 Å². The van der Waals surface area contributed by atoms with E-state index < -0.39 is 10.5 Å². The highest BCUT2D eigenvalue weighted by Crippen LogP contribution is 2.24. The molecule has 3 rings (SSSR count). The molecule has 2 aromatic rings. The number of hydrogen-bond donors (Lipinski definition) is 0. The van der Waals surface area contributed by atoms with Crippen LogP contribution < -0.4 is 4.18 Å². The molecule has 1 aliphatic rings. The fourth-order valence-corrected chi connectivity index (χ4v) is 3.49. The molecule has 23 heavy (non-hydrogen) atoms. The highest BCUT2D eigenvalue weighted by atomic mass is 79.9. The van der Waals surface area contributed by atoms with Crippen molar-refractivity contribution in [3.8, 4) is 5.75 Å². The van der Waals surface area contributed by atoms with Gasteiger partial charge < -0.3 is 4.18 Å². The monoisotopic (exact) mass is 399 g/mol. The third-order valence-corrected chi connectivity index (χ3v) is 4.67. The third-order valence-electron chi connectivity index (χ3n) is 3.78. The summed E-state index contributed by atoms with van der Waals surface area (Å²) < 4.78 is 38.6. The summed E-state index contributed by atoms with van der Waals surface area (Å²) in [6.07, 6.45) is 0.996. The summed E-state index contributed by atoms with van der Waals surface area (Å²) in [7, 11) is -4.97. The Morgan fingerprint density at radius 1 is 1.13 bits per heavy atom. The number of fused-ring (bicyclic) bond motifs is 1. The lowest BCUT2D eigenvalue weighted by Crippen LogP contribution is -2.30. The molecule has 7 heteroatoms. The van der Waals surface area contributed by atoms with E-state index in [1.165, 1.54) is 23.3 Å². The van der Waals surface area contributed by atoms with Gasteiger partial charge in [0, 0.05) is 24.1 Å². The Kier molecular flexibility index (Phi) is 4.70. The SMILES string of the molecule is O=S(=O)(F)Oc1ccc(CN2CCc3cc(Br)ccc3C2)cc1. The molecule has 0 unspecified atom stereocenters. The maximum atomic E-state index is 12.5. The minimum absolute atomic E-state index is 0.0231. The van der Waals surface area contributed by atoms with Gasteiger partial charge in [-0.05, 0) is 47.4 Å². The van der Waals surface area contributed by atoms with Crippen molar-refractivity contribution in [1.82, 2.24) is 4.90 Å². The standard InChI is InChI=1S/C16H15BrFNO3S/c17-15-4-3-14-11-19(8-7-13(14)9-15)10-12-1-5-16(6-2-12)22-23(18,20)21/h1-6,9H,7-8,10-11H2. The van der Waals surface area contributed by atoms with E-state index in [0.717, 1.165) is 36.1 Å². The Bertz CT molecular complexity index is 809. The van der Waals surface area contributed by atoms with Crippen LogP contribution in [0.4, 0.5) is 3.89 Å². The van der Waals surface area contributed by atoms with Crippen molar-refractivity contribution < 1.29 is 16.5 Å². The minimum atomic E-state index is -4.97. The van der Waals surface area contributed by atoms with Gasteiger partial charge in [-0.1, -0.05) is 38.0 Å². The normalized spacial score (nSPS) is 15.2. The van der Waals surface area contributed by atoms with Crippen LogP contribution in [0.5, 0.6) is 5.75 Å². The van der Waals surface area contributed by atoms with Crippen LogP contribution in [0.1, 0.15) is 16.7 Å². The molecule has 0 aliphatic carbocycles. The molecule has 2 aromatic carbocycles. The first kappa shape index (κ1) is 16.4. The summed E-state index contributed by atoms with van der Waals surface area (Å²) in [5, 5.41) is 0. The average molecular weight is 400 g/mol. The summed E-state index contributed by atoms with van der Waals surface area (Å²) in [6, 6.07) is 12.8. The maximum absolute atomic E-state index is 12.5. The largest absolute Gasteiger partial charge is 0.488 e. The van der Waals surface area contributed by atoms with Gasteiger partial charge in [0.05, 0.1) is 0 Å². The fraction of sp³-hybridized carbons (Fsp3) is 0.250. The second-order valence-corrected chi connectivity index (χ2v) is 7.36. The van der Waals surface area contributed by atoms with E-state index in [1.54, 1.807) is 12.1 Å². The first-order chi connectivity index (χ1) is 10.9. The quantitative estimate of drug-likeness (QED) is 0.736. The molecule has 0 saturated heterocycles. The second-order valence-electron chi connectivity index (χ2n) is 5.49. The number of benzene rings is 2. The molecule has 4 nitrogen and oxygen atoms in total. The van der Waals surface area contributed by atoms with Gasteiger partial charge in [0.25, 0.3) is 0 Å². The third kappa shape index (κ3) is 4.53. The summed E-state index contributed by atoms with van der Waals surface area (Å²) in [6.45, 7) is 2.58. The summed E-state index contributed by atoms with van der Waals surface area (Å²) >= 11 is 3.49. The molecule has 0 saturated carbocycles. The first-order valence-corrected chi connectivity index (χ1v) is 9.22. The van der Waals surface area contributed by atoms with Gasteiger partial charge in [0.15, 0.2) is 0 Å². The lowest BCUT2D eigenvalue weighted by Gasteiger charge is -2.29. The zero-order chi connectivity index (χ0) is 16.4. The zero-order valence-corrected chi connectivity index (χ0v) is 14.6. The van der Waals surface area contributed by atoms with Crippen molar-refractivity contribution >= 4 is 26.4 Å². The van der Waals surface area contributed by atoms with Crippen molar-refractivity contribution in [1.29, 1.82) is 0 Å². The highest BCUT2D eigenvalue weighted by Gasteiger charge is 2.16. The molecule has 0 N–H and O–H groups in total. The Morgan fingerprint density at radius 2 is 1.87 bits per heavy atom. The highest BCUT2D eigenvalue weighted by molar-refractivity contribution is 9.10. The Balaban J connectivity index is 1.65. The molecular formula is C16H15BrFNO3S. The van der Waals surface area contributed by atoms with Crippen LogP contribution in [0.2, 0.25) is 0 Å². The number of nitrogens with zero attached hydrogens (tertiary/aromatic N) is 1. The second kappa shape index (κ2) is 6.59. The molecule has 122 valence electrons. The van der Waals surface area contributed by atoms with Gasteiger partial charge in [0.1, 0.15) is 5.75 Å². The fourth-order valence-electron chi connectivity index (χ4n) is 2.74. The van der Waals surface area contributed by atoms with Gasteiger partial charge in [-0.3, -0.25) is 4.90 Å². The van der Waals surface area contributed by atoms with Gasteiger partial charge in [-0.2, -0.15) is 8.42 Å². The van der Waals surface area contributed by atoms with Gasteiger partial charge in [-0.25, -0.2) is 0 Å². The summed E-state index contributed by atoms with van der Waals surface area (Å²) in [5.74, 6) is -0.0231. The lowest BCUT2D eigenvalue weighted by molar-refractivity contribution is 0.245. The molecule has 0 atom stereocenters. The number of halogens is 2. The van der Waals surface area contributed by atoms with E-state index >= 15 is 0 Å². The smallest absolute Gasteiger partial charge is 0.358 e. The zero-order valence-electron chi connectivity index (χ0n) is 12.2. The van der Waals surface area contributed by atoms with Crippen LogP contribution in [0.3, 0.4) is 0 Å². The minimum Gasteiger partial charge on any atom is -0.358 e. The molecule has 0 fully saturated rings. The van der Waals surface area contributed by atoms with E-state index in [0.29, 0.717) is 0 Å². The van der Waals surface area contributed by atoms with Crippen molar-refractivity contribution in [3.05, 3.63) is 63.6 Å². The van der Waals surface area contributed by atoms with Crippen molar-refractivity contribution in [2.75, 3.05) is 6.54 Å². The van der Waals surface area contributed by atoms with Crippen LogP contribution in [0, 0.1) is 0 Å². The van der Waals surface area contributed by atoms with E-state index in [-0.39, 0.29) is 5.75 Å². The van der Waals surface area contributed by atoms with Crippen LogP contribution >= 0.6 is 15.9 Å². The molecule has 0 spiro atoms. The predicted molar refractivity (Wildman–Crippen MR) is 89.1 cm³/mol. The van der Waals surface area contributed by atoms with Crippen molar-refractivity contribution in [2.24, 2.45) is 0 Å². The van der Waals surface area contributed by atoms with E-state index in [2.05, 4.69) is 37.1 Å². The van der Waals surface area contributed by atoms with Crippen LogP contribution in [-0.2, 0) is 30.0 Å². The molecule has 0 radical (unpaired) electrons. The summed E-state index contributed by atoms with van der Waals surface area (Å²) in [4.78, 5) is 2.32. The van der Waals surface area contributed by atoms with Gasteiger partial charge in [0.2, 0.25) is 0 Å². The van der Waals surface area contributed by atoms with E-state index in [1.807, 2.05) is 6.07 Å². The molecule has 1 heterocycles. The predicted octanol–water partition coefficient (Wildman–Crippen LogP) is 3.60. The Morgan fingerprint density at radius 3 is 2.57 bits per heavy atom. The lowest BCUT2D eigenvalue weighted by atomic mass is 9.99. The van der Waals surface area contributed by atoms with E-state index in [9.17, 15) is 12.3 Å². The molecule has 0 bridgehead atoms. The van der Waals surface area contributed by atoms with Crippen LogP contribution in [0.15, 0.2) is 46.9 Å². The Hall–Kier alpha value is -1.44. The van der Waals surface area contributed by atoms with Gasteiger partial charge in [-0.15, -0.1) is 0 Å².